The minimum absolute atomic E-state index is 0.216. The summed E-state index contributed by atoms with van der Waals surface area (Å²) in [5, 5.41) is 23.8. The third kappa shape index (κ3) is 4.41. The van der Waals surface area contributed by atoms with Gasteiger partial charge in [0.05, 0.1) is 5.92 Å². The highest BCUT2D eigenvalue weighted by Gasteiger charge is 2.54. The molecule has 3 rings (SSSR count). The van der Waals surface area contributed by atoms with E-state index in [9.17, 15) is 29.5 Å². The van der Waals surface area contributed by atoms with Crippen LogP contribution in [-0.4, -0.2) is 68.5 Å². The number of nitrogens with zero attached hydrogens (tertiary/aromatic N) is 2. The number of oxime groups is 1. The molecule has 2 aliphatic heterocycles. The zero-order valence-corrected chi connectivity index (χ0v) is 17.6. The van der Waals surface area contributed by atoms with Gasteiger partial charge in [0.25, 0.3) is 11.8 Å². The van der Waals surface area contributed by atoms with E-state index in [1.807, 2.05) is 0 Å². The van der Waals surface area contributed by atoms with E-state index in [1.54, 1.807) is 44.2 Å². The molecule has 2 aliphatic rings. The van der Waals surface area contributed by atoms with E-state index in [4.69, 9.17) is 4.74 Å². The Morgan fingerprint density at radius 2 is 1.97 bits per heavy atom. The molecule has 11 heteroatoms. The van der Waals surface area contributed by atoms with Gasteiger partial charge in [0.15, 0.2) is 5.71 Å². The number of fused-ring (bicyclic) bond motifs is 1. The quantitative estimate of drug-likeness (QED) is 0.183. The Hall–Kier alpha value is -3.34. The minimum Gasteiger partial charge on any atom is -0.477 e. The molecule has 164 valence electrons. The lowest BCUT2D eigenvalue weighted by Crippen LogP contribution is -2.71. The number of ether oxygens (including phenoxy) is 1. The monoisotopic (exact) mass is 447 g/mol. The number of hydrogen-bond acceptors (Lipinski definition) is 8. The van der Waals surface area contributed by atoms with Gasteiger partial charge in [0.1, 0.15) is 23.7 Å². The Balaban J connectivity index is 1.74. The summed E-state index contributed by atoms with van der Waals surface area (Å²) in [7, 11) is 0. The number of benzene rings is 1. The minimum atomic E-state index is -1.32. The topological polar surface area (TPSA) is 146 Å². The van der Waals surface area contributed by atoms with Crippen molar-refractivity contribution in [3.05, 3.63) is 47.2 Å². The highest BCUT2D eigenvalue weighted by molar-refractivity contribution is 8.00. The van der Waals surface area contributed by atoms with Crippen molar-refractivity contribution in [2.24, 2.45) is 11.1 Å². The highest BCUT2D eigenvalue weighted by atomic mass is 32.2. The van der Waals surface area contributed by atoms with Gasteiger partial charge < -0.3 is 20.4 Å². The van der Waals surface area contributed by atoms with Crippen molar-refractivity contribution >= 4 is 41.2 Å². The van der Waals surface area contributed by atoms with E-state index in [2.05, 4.69) is 10.5 Å². The predicted molar refractivity (Wildman–Crippen MR) is 110 cm³/mol. The molecule has 1 aromatic carbocycles. The first-order valence-electron chi connectivity index (χ1n) is 9.41. The van der Waals surface area contributed by atoms with Crippen LogP contribution < -0.4 is 5.32 Å². The normalized spacial score (nSPS) is 20.8. The molecule has 0 bridgehead atoms. The molecule has 1 saturated heterocycles. The molecule has 0 unspecified atom stereocenters. The lowest BCUT2D eigenvalue weighted by atomic mass is 10.0. The van der Waals surface area contributed by atoms with Gasteiger partial charge in [-0.05, 0) is 0 Å². The molecule has 1 aromatic rings. The number of hydrogen-bond donors (Lipinski definition) is 3. The first-order valence-corrected chi connectivity index (χ1v) is 10.5. The van der Waals surface area contributed by atoms with E-state index in [0.717, 1.165) is 4.90 Å². The van der Waals surface area contributed by atoms with E-state index < -0.39 is 35.2 Å². The summed E-state index contributed by atoms with van der Waals surface area (Å²) in [5.74, 6) is -3.31. The molecule has 2 atom stereocenters. The summed E-state index contributed by atoms with van der Waals surface area (Å²) in [6, 6.07) is 7.24. The molecule has 0 radical (unpaired) electrons. The number of β-lactam (4-membered cyclic amide) rings is 1. The van der Waals surface area contributed by atoms with E-state index >= 15 is 0 Å². The summed E-state index contributed by atoms with van der Waals surface area (Å²) in [6.07, 6.45) is 0. The smallest absolute Gasteiger partial charge is 0.352 e. The number of thioether (sulfide) groups is 1. The molecule has 0 aliphatic carbocycles. The van der Waals surface area contributed by atoms with E-state index in [0.29, 0.717) is 11.1 Å². The maximum Gasteiger partial charge on any atom is 0.352 e. The fraction of sp³-hybridized carbons (Fsp3) is 0.350. The van der Waals surface area contributed by atoms with Crippen molar-refractivity contribution in [2.45, 2.75) is 25.3 Å². The molecule has 0 spiro atoms. The zero-order chi connectivity index (χ0) is 22.7. The number of carbonyl (C=O) groups excluding carboxylic acids is 3. The molecule has 10 nitrogen and oxygen atoms in total. The Labute approximate surface area is 181 Å². The summed E-state index contributed by atoms with van der Waals surface area (Å²) in [5.41, 5.74) is 0.170. The Morgan fingerprint density at radius 3 is 2.55 bits per heavy atom. The van der Waals surface area contributed by atoms with Gasteiger partial charge in [0, 0.05) is 16.9 Å². The molecule has 3 N–H and O–H groups in total. The van der Waals surface area contributed by atoms with Crippen LogP contribution in [-0.2, 0) is 23.9 Å². The van der Waals surface area contributed by atoms with Gasteiger partial charge >= 0.3 is 11.9 Å². The first-order chi connectivity index (χ1) is 14.8. The number of nitrogens with one attached hydrogen (secondary N) is 1. The van der Waals surface area contributed by atoms with Gasteiger partial charge in [-0.2, -0.15) is 0 Å². The molecular weight excluding hydrogens is 426 g/mol. The van der Waals surface area contributed by atoms with Crippen molar-refractivity contribution in [3.8, 4) is 0 Å². The maximum absolute atomic E-state index is 12.7. The largest absolute Gasteiger partial charge is 0.477 e. The fourth-order valence-corrected chi connectivity index (χ4v) is 4.49. The Morgan fingerprint density at radius 1 is 1.29 bits per heavy atom. The second kappa shape index (κ2) is 9.21. The van der Waals surface area contributed by atoms with Gasteiger partial charge in [-0.3, -0.25) is 19.3 Å². The number of carboxylic acid groups (broad SMARTS) is 1. The van der Waals surface area contributed by atoms with Crippen molar-refractivity contribution in [2.75, 3.05) is 12.4 Å². The average molecular weight is 447 g/mol. The van der Waals surface area contributed by atoms with Gasteiger partial charge in [-0.1, -0.05) is 49.3 Å². The third-order valence-corrected chi connectivity index (χ3v) is 6.10. The molecule has 31 heavy (non-hydrogen) atoms. The van der Waals surface area contributed by atoms with Crippen LogP contribution >= 0.6 is 11.8 Å². The van der Waals surface area contributed by atoms with Crippen molar-refractivity contribution in [3.63, 3.8) is 0 Å². The second-order valence-corrected chi connectivity index (χ2v) is 8.30. The molecule has 2 heterocycles. The predicted octanol–water partition coefficient (Wildman–Crippen LogP) is 0.803. The van der Waals surface area contributed by atoms with Crippen LogP contribution in [0.1, 0.15) is 19.4 Å². The van der Waals surface area contributed by atoms with Gasteiger partial charge in [-0.15, -0.1) is 11.8 Å². The lowest BCUT2D eigenvalue weighted by molar-refractivity contribution is -0.150. The summed E-state index contributed by atoms with van der Waals surface area (Å²) < 4.78 is 5.13. The van der Waals surface area contributed by atoms with Crippen molar-refractivity contribution in [1.82, 2.24) is 10.2 Å². The molecule has 2 amide bonds. The Kier molecular flexibility index (Phi) is 6.64. The van der Waals surface area contributed by atoms with Crippen molar-refractivity contribution < 1.29 is 34.2 Å². The number of carboxylic acids is 1. The van der Waals surface area contributed by atoms with Crippen molar-refractivity contribution in [1.29, 1.82) is 0 Å². The van der Waals surface area contributed by atoms with Crippen LogP contribution in [0.15, 0.2) is 46.8 Å². The average Bonchev–Trinajstić information content (AvgIpc) is 2.76. The highest BCUT2D eigenvalue weighted by Crippen LogP contribution is 2.40. The number of esters is 1. The van der Waals surface area contributed by atoms with Crippen LogP contribution in [0.2, 0.25) is 0 Å². The number of rotatable bonds is 7. The summed E-state index contributed by atoms with van der Waals surface area (Å²) in [4.78, 5) is 49.8. The molecular formula is C20H21N3O7S. The van der Waals surface area contributed by atoms with E-state index in [1.165, 1.54) is 11.8 Å². The van der Waals surface area contributed by atoms with Gasteiger partial charge in [-0.25, -0.2) is 4.79 Å². The third-order valence-electron chi connectivity index (χ3n) is 4.76. The van der Waals surface area contributed by atoms with Crippen LogP contribution in [0.3, 0.4) is 0 Å². The van der Waals surface area contributed by atoms with Crippen LogP contribution in [0.4, 0.5) is 0 Å². The number of carbonyl (C=O) groups is 4. The fourth-order valence-electron chi connectivity index (χ4n) is 3.16. The van der Waals surface area contributed by atoms with Gasteiger partial charge in [0.2, 0.25) is 0 Å². The SMILES string of the molecule is CC(C)C(=O)OCC1=C(C(=O)O)N2C(=O)[C@@H](NC(=O)/C(=N/O)c3ccccc3)[C@H]2SC1. The lowest BCUT2D eigenvalue weighted by Gasteiger charge is -2.49. The van der Waals surface area contributed by atoms with Crippen LogP contribution in [0.25, 0.3) is 0 Å². The standard InChI is InChI=1S/C20H21N3O7S/c1-10(2)20(28)30-8-12-9-31-18-14(17(25)23(18)15(12)19(26)27)21-16(24)13(22-29)11-6-4-3-5-7-11/h3-7,10,14,18,29H,8-9H2,1-2H3,(H,21,24)(H,26,27)/b22-13+/t14-,18-/m1/s1. The zero-order valence-electron chi connectivity index (χ0n) is 16.8. The number of aliphatic carboxylic acids is 1. The van der Waals surface area contributed by atoms with E-state index in [-0.39, 0.29) is 29.7 Å². The molecule has 0 saturated carbocycles. The molecule has 0 aromatic heterocycles. The maximum atomic E-state index is 12.7. The second-order valence-electron chi connectivity index (χ2n) is 7.20. The first kappa shape index (κ1) is 22.3. The summed E-state index contributed by atoms with van der Waals surface area (Å²) in [6.45, 7) is 3.09. The molecule has 1 fully saturated rings. The number of amides is 2. The Bertz CT molecular complexity index is 974. The van der Waals surface area contributed by atoms with Crippen LogP contribution in [0, 0.1) is 5.92 Å². The van der Waals surface area contributed by atoms with Crippen LogP contribution in [0.5, 0.6) is 0 Å². The summed E-state index contributed by atoms with van der Waals surface area (Å²) >= 11 is 1.25.